The lowest BCUT2D eigenvalue weighted by Gasteiger charge is -2.29. The Morgan fingerprint density at radius 2 is 2.26 bits per heavy atom. The summed E-state index contributed by atoms with van der Waals surface area (Å²) in [6.07, 6.45) is 4.94. The zero-order valence-electron chi connectivity index (χ0n) is 10.5. The van der Waals surface area contributed by atoms with Crippen molar-refractivity contribution in [1.82, 2.24) is 0 Å². The minimum absolute atomic E-state index is 0.648. The van der Waals surface area contributed by atoms with Gasteiger partial charge in [-0.25, -0.2) is 4.21 Å². The maximum absolute atomic E-state index is 12.6. The van der Waals surface area contributed by atoms with E-state index in [1.807, 2.05) is 22.5 Å². The van der Waals surface area contributed by atoms with Gasteiger partial charge in [-0.15, -0.1) is 11.8 Å². The van der Waals surface area contributed by atoms with Gasteiger partial charge in [-0.1, -0.05) is 25.3 Å². The van der Waals surface area contributed by atoms with Crippen molar-refractivity contribution in [2.75, 3.05) is 22.3 Å². The normalized spacial score (nSPS) is 16.6. The predicted octanol–water partition coefficient (Wildman–Crippen LogP) is 3.10. The van der Waals surface area contributed by atoms with Crippen LogP contribution in [0.15, 0.2) is 59.4 Å². The largest absolute Gasteiger partial charge is 0.399 e. The number of hydrogen-bond donors (Lipinski definition) is 1. The molecule has 19 heavy (non-hydrogen) atoms. The molecule has 3 nitrogen and oxygen atoms in total. The summed E-state index contributed by atoms with van der Waals surface area (Å²) in [6, 6.07) is 5.71. The van der Waals surface area contributed by atoms with E-state index in [2.05, 4.69) is 13.2 Å². The highest BCUT2D eigenvalue weighted by atomic mass is 32.2. The third kappa shape index (κ3) is 2.93. The number of nitrogen functional groups attached to an aromatic ring is 1. The molecule has 0 saturated heterocycles. The summed E-state index contributed by atoms with van der Waals surface area (Å²) in [5.41, 5.74) is 7.43. The van der Waals surface area contributed by atoms with Gasteiger partial charge in [0.15, 0.2) is 11.0 Å². The van der Waals surface area contributed by atoms with Crippen LogP contribution in [-0.2, 0) is 11.0 Å². The first-order valence-corrected chi connectivity index (χ1v) is 7.93. The Labute approximate surface area is 120 Å². The molecule has 1 aliphatic heterocycles. The molecule has 100 valence electrons. The molecule has 2 N–H and O–H groups in total. The van der Waals surface area contributed by atoms with Crippen molar-refractivity contribution < 1.29 is 4.21 Å². The van der Waals surface area contributed by atoms with Crippen LogP contribution >= 0.6 is 11.8 Å². The molecule has 0 saturated carbocycles. The molecule has 0 aromatic heterocycles. The van der Waals surface area contributed by atoms with Gasteiger partial charge >= 0.3 is 0 Å². The number of rotatable bonds is 4. The number of anilines is 2. The summed E-state index contributed by atoms with van der Waals surface area (Å²) in [4.78, 5) is 1.76. The summed E-state index contributed by atoms with van der Waals surface area (Å²) in [5, 5.41) is 0. The van der Waals surface area contributed by atoms with Crippen molar-refractivity contribution in [2.24, 2.45) is 0 Å². The van der Waals surface area contributed by atoms with Crippen LogP contribution < -0.4 is 10.0 Å². The molecule has 1 aromatic carbocycles. The van der Waals surface area contributed by atoms with E-state index in [9.17, 15) is 4.21 Å². The number of hydrogen-bond acceptors (Lipinski definition) is 3. The van der Waals surface area contributed by atoms with Gasteiger partial charge in [-0.3, -0.25) is 4.31 Å². The second-order valence-electron chi connectivity index (χ2n) is 3.94. The Kier molecular flexibility index (Phi) is 4.50. The second kappa shape index (κ2) is 6.12. The van der Waals surface area contributed by atoms with Gasteiger partial charge in [0.1, 0.15) is 0 Å². The smallest absolute Gasteiger partial charge is 0.152 e. The van der Waals surface area contributed by atoms with Gasteiger partial charge < -0.3 is 5.73 Å². The highest BCUT2D eigenvalue weighted by Crippen LogP contribution is 2.37. The lowest BCUT2D eigenvalue weighted by molar-refractivity contribution is 0.684. The van der Waals surface area contributed by atoms with Crippen LogP contribution in [0.2, 0.25) is 0 Å². The molecule has 5 heteroatoms. The fourth-order valence-electron chi connectivity index (χ4n) is 1.82. The third-order valence-electron chi connectivity index (χ3n) is 2.69. The van der Waals surface area contributed by atoms with Crippen molar-refractivity contribution in [3.8, 4) is 0 Å². The Morgan fingerprint density at radius 1 is 1.47 bits per heavy atom. The number of allylic oxidation sites excluding steroid dienone is 3. The van der Waals surface area contributed by atoms with Crippen LogP contribution in [0.1, 0.15) is 0 Å². The van der Waals surface area contributed by atoms with E-state index < -0.39 is 11.0 Å². The Hall–Kier alpha value is -1.46. The number of thioether (sulfide) groups is 1. The van der Waals surface area contributed by atoms with Crippen LogP contribution in [0.4, 0.5) is 11.4 Å². The van der Waals surface area contributed by atoms with Crippen molar-refractivity contribution in [3.05, 3.63) is 54.5 Å². The van der Waals surface area contributed by atoms with E-state index in [1.165, 1.54) is 0 Å². The average Bonchev–Trinajstić information content (AvgIpc) is 2.43. The highest BCUT2D eigenvalue weighted by molar-refractivity contribution is 7.99. The fourth-order valence-corrected chi connectivity index (χ4v) is 4.17. The summed E-state index contributed by atoms with van der Waals surface area (Å²) in [7, 11) is -1.28. The van der Waals surface area contributed by atoms with E-state index in [1.54, 1.807) is 30.0 Å². The summed E-state index contributed by atoms with van der Waals surface area (Å²) in [5.74, 6) is 0.904. The number of nitrogens with zero attached hydrogens (tertiary/aromatic N) is 1. The molecule has 1 atom stereocenters. The molecule has 1 unspecified atom stereocenters. The maximum atomic E-state index is 12.6. The molecule has 0 fully saturated rings. The second-order valence-corrected chi connectivity index (χ2v) is 6.48. The molecule has 0 amide bonds. The van der Waals surface area contributed by atoms with Gasteiger partial charge in [0, 0.05) is 22.9 Å². The first kappa shape index (κ1) is 14.0. The van der Waals surface area contributed by atoms with Gasteiger partial charge in [-0.05, 0) is 24.3 Å². The Morgan fingerprint density at radius 3 is 2.95 bits per heavy atom. The first-order valence-electron chi connectivity index (χ1n) is 5.84. The van der Waals surface area contributed by atoms with Gasteiger partial charge in [0.25, 0.3) is 0 Å². The highest BCUT2D eigenvalue weighted by Gasteiger charge is 2.23. The molecular weight excluding hydrogens is 276 g/mol. The number of nitrogens with two attached hydrogens (primary N) is 1. The molecule has 2 rings (SSSR count). The molecule has 0 bridgehead atoms. The van der Waals surface area contributed by atoms with E-state index in [-0.39, 0.29) is 0 Å². The number of benzene rings is 1. The summed E-state index contributed by atoms with van der Waals surface area (Å²) >= 11 is 1.75. The topological polar surface area (TPSA) is 46.3 Å². The van der Waals surface area contributed by atoms with Crippen molar-refractivity contribution in [2.45, 2.75) is 4.90 Å². The molecule has 0 spiro atoms. The van der Waals surface area contributed by atoms with Gasteiger partial charge in [0.2, 0.25) is 0 Å². The zero-order chi connectivity index (χ0) is 13.8. The standard InChI is InChI=1S/C14H16N2OS2/c1-3-5-12(4-2)19(17)16-8-9-18-14-7-6-11(15)10-13(14)16/h3-7,10H,1-2,8-9,15H2/b12-5+. The lowest BCUT2D eigenvalue weighted by atomic mass is 10.3. The van der Waals surface area contributed by atoms with Gasteiger partial charge in [0.05, 0.1) is 10.6 Å². The Bertz CT molecular complexity index is 567. The van der Waals surface area contributed by atoms with Crippen LogP contribution in [0, 0.1) is 0 Å². The maximum Gasteiger partial charge on any atom is 0.152 e. The fraction of sp³-hybridized carbons (Fsp3) is 0.143. The molecule has 1 aliphatic rings. The third-order valence-corrected chi connectivity index (χ3v) is 5.22. The van der Waals surface area contributed by atoms with Crippen LogP contribution in [0.5, 0.6) is 0 Å². The average molecular weight is 292 g/mol. The van der Waals surface area contributed by atoms with Crippen molar-refractivity contribution >= 4 is 34.1 Å². The molecule has 0 radical (unpaired) electrons. The minimum atomic E-state index is -1.28. The van der Waals surface area contributed by atoms with E-state index in [0.29, 0.717) is 10.6 Å². The summed E-state index contributed by atoms with van der Waals surface area (Å²) < 4.78 is 14.5. The van der Waals surface area contributed by atoms with E-state index in [4.69, 9.17) is 5.73 Å². The monoisotopic (exact) mass is 292 g/mol. The molecular formula is C14H16N2OS2. The molecule has 0 aliphatic carbocycles. The first-order chi connectivity index (χ1) is 9.17. The predicted molar refractivity (Wildman–Crippen MR) is 85.5 cm³/mol. The lowest BCUT2D eigenvalue weighted by Crippen LogP contribution is -2.31. The quantitative estimate of drug-likeness (QED) is 0.685. The van der Waals surface area contributed by atoms with Crippen LogP contribution in [0.3, 0.4) is 0 Å². The molecule has 1 aromatic rings. The van der Waals surface area contributed by atoms with Crippen molar-refractivity contribution in [3.63, 3.8) is 0 Å². The number of fused-ring (bicyclic) bond motifs is 1. The zero-order valence-corrected chi connectivity index (χ0v) is 12.2. The Balaban J connectivity index is 2.40. The minimum Gasteiger partial charge on any atom is -0.399 e. The SMILES string of the molecule is C=C/C=C(\C=C)S(=O)N1CCSc2ccc(N)cc21. The van der Waals surface area contributed by atoms with Crippen LogP contribution in [0.25, 0.3) is 0 Å². The van der Waals surface area contributed by atoms with Crippen LogP contribution in [-0.4, -0.2) is 16.5 Å². The van der Waals surface area contributed by atoms with Gasteiger partial charge in [-0.2, -0.15) is 0 Å². The molecule has 1 heterocycles. The van der Waals surface area contributed by atoms with E-state index in [0.717, 1.165) is 22.9 Å². The summed E-state index contributed by atoms with van der Waals surface area (Å²) in [6.45, 7) is 8.05. The van der Waals surface area contributed by atoms with Crippen molar-refractivity contribution in [1.29, 1.82) is 0 Å². The van der Waals surface area contributed by atoms with E-state index >= 15 is 0 Å².